The standard InChI is InChI=1S/C19H23NOS/c1-13(2)22-17-10-8-16(9-11-17)12-19(21)20-18-7-5-6-14(3)15(18)4/h5-11,13H,12H2,1-4H3,(H,20,21). The van der Waals surface area contributed by atoms with E-state index in [0.717, 1.165) is 16.8 Å². The Bertz CT molecular complexity index is 647. The molecule has 0 fully saturated rings. The first-order chi connectivity index (χ1) is 10.5. The van der Waals surface area contributed by atoms with Crippen LogP contribution in [0.4, 0.5) is 5.69 Å². The predicted octanol–water partition coefficient (Wildman–Crippen LogP) is 4.99. The number of rotatable bonds is 5. The lowest BCUT2D eigenvalue weighted by molar-refractivity contribution is -0.115. The third kappa shape index (κ3) is 4.63. The second kappa shape index (κ2) is 7.50. The van der Waals surface area contributed by atoms with Crippen LogP contribution in [0.15, 0.2) is 47.4 Å². The van der Waals surface area contributed by atoms with Gasteiger partial charge in [-0.25, -0.2) is 0 Å². The van der Waals surface area contributed by atoms with Crippen molar-refractivity contribution in [2.75, 3.05) is 5.32 Å². The fourth-order valence-corrected chi connectivity index (χ4v) is 3.06. The highest BCUT2D eigenvalue weighted by atomic mass is 32.2. The summed E-state index contributed by atoms with van der Waals surface area (Å²) in [4.78, 5) is 13.4. The molecule has 0 aromatic heterocycles. The summed E-state index contributed by atoms with van der Waals surface area (Å²) >= 11 is 1.83. The molecule has 0 aliphatic heterocycles. The summed E-state index contributed by atoms with van der Waals surface area (Å²) in [6, 6.07) is 14.2. The van der Waals surface area contributed by atoms with Crippen LogP contribution in [0.1, 0.15) is 30.5 Å². The van der Waals surface area contributed by atoms with E-state index in [1.807, 2.05) is 43.0 Å². The van der Waals surface area contributed by atoms with Gasteiger partial charge in [0, 0.05) is 15.8 Å². The van der Waals surface area contributed by atoms with Gasteiger partial charge in [-0.1, -0.05) is 38.1 Å². The summed E-state index contributed by atoms with van der Waals surface area (Å²) in [6.45, 7) is 8.44. The molecule has 0 aliphatic rings. The van der Waals surface area contributed by atoms with E-state index in [9.17, 15) is 4.79 Å². The average molecular weight is 313 g/mol. The highest BCUT2D eigenvalue weighted by Crippen LogP contribution is 2.23. The molecule has 0 radical (unpaired) electrons. The third-order valence-electron chi connectivity index (χ3n) is 3.54. The van der Waals surface area contributed by atoms with Gasteiger partial charge in [0.15, 0.2) is 0 Å². The maximum atomic E-state index is 12.2. The van der Waals surface area contributed by atoms with Gasteiger partial charge in [0.05, 0.1) is 6.42 Å². The number of hydrogen-bond donors (Lipinski definition) is 1. The van der Waals surface area contributed by atoms with Gasteiger partial charge in [0.2, 0.25) is 5.91 Å². The zero-order valence-electron chi connectivity index (χ0n) is 13.6. The maximum Gasteiger partial charge on any atom is 0.228 e. The van der Waals surface area contributed by atoms with Crippen LogP contribution in [-0.2, 0) is 11.2 Å². The van der Waals surface area contributed by atoms with Crippen LogP contribution >= 0.6 is 11.8 Å². The van der Waals surface area contributed by atoms with Crippen molar-refractivity contribution in [1.82, 2.24) is 0 Å². The van der Waals surface area contributed by atoms with Gasteiger partial charge in [0.1, 0.15) is 0 Å². The van der Waals surface area contributed by atoms with E-state index >= 15 is 0 Å². The molecule has 2 rings (SSSR count). The molecule has 0 atom stereocenters. The van der Waals surface area contributed by atoms with Crippen LogP contribution < -0.4 is 5.32 Å². The molecule has 22 heavy (non-hydrogen) atoms. The Hall–Kier alpha value is -1.74. The molecule has 1 amide bonds. The van der Waals surface area contributed by atoms with Crippen molar-refractivity contribution in [3.8, 4) is 0 Å². The molecule has 0 unspecified atom stereocenters. The summed E-state index contributed by atoms with van der Waals surface area (Å²) in [5, 5.41) is 3.57. The van der Waals surface area contributed by atoms with Gasteiger partial charge in [-0.05, 0) is 48.7 Å². The van der Waals surface area contributed by atoms with E-state index in [1.54, 1.807) is 0 Å². The first kappa shape index (κ1) is 16.6. The minimum atomic E-state index is 0.0259. The molecule has 2 nitrogen and oxygen atoms in total. The van der Waals surface area contributed by atoms with Crippen molar-refractivity contribution in [1.29, 1.82) is 0 Å². The second-order valence-corrected chi connectivity index (χ2v) is 7.43. The van der Waals surface area contributed by atoms with Gasteiger partial charge in [-0.2, -0.15) is 0 Å². The molecular weight excluding hydrogens is 290 g/mol. The van der Waals surface area contributed by atoms with Gasteiger partial charge >= 0.3 is 0 Å². The zero-order valence-corrected chi connectivity index (χ0v) is 14.5. The van der Waals surface area contributed by atoms with Crippen LogP contribution in [0.5, 0.6) is 0 Å². The van der Waals surface area contributed by atoms with Crippen molar-refractivity contribution in [3.05, 3.63) is 59.2 Å². The number of anilines is 1. The number of carbonyl (C=O) groups is 1. The summed E-state index contributed by atoms with van der Waals surface area (Å²) in [6.07, 6.45) is 0.403. The van der Waals surface area contributed by atoms with Crippen LogP contribution in [0, 0.1) is 13.8 Å². The third-order valence-corrected chi connectivity index (χ3v) is 4.55. The molecule has 0 spiro atoms. The van der Waals surface area contributed by atoms with Crippen molar-refractivity contribution < 1.29 is 4.79 Å². The highest BCUT2D eigenvalue weighted by Gasteiger charge is 2.07. The van der Waals surface area contributed by atoms with E-state index in [1.165, 1.54) is 10.5 Å². The number of benzene rings is 2. The smallest absolute Gasteiger partial charge is 0.228 e. The molecule has 116 valence electrons. The molecule has 2 aromatic carbocycles. The molecular formula is C19H23NOS. The lowest BCUT2D eigenvalue weighted by Crippen LogP contribution is -2.15. The Kier molecular flexibility index (Phi) is 5.67. The SMILES string of the molecule is Cc1cccc(NC(=O)Cc2ccc(SC(C)C)cc2)c1C. The number of aryl methyl sites for hydroxylation is 1. The number of carbonyl (C=O) groups excluding carboxylic acids is 1. The van der Waals surface area contributed by atoms with E-state index < -0.39 is 0 Å². The van der Waals surface area contributed by atoms with Crippen molar-refractivity contribution in [3.63, 3.8) is 0 Å². The second-order valence-electron chi connectivity index (χ2n) is 5.78. The summed E-state index contributed by atoms with van der Waals surface area (Å²) in [5.41, 5.74) is 4.25. The van der Waals surface area contributed by atoms with Crippen LogP contribution in [0.25, 0.3) is 0 Å². The largest absolute Gasteiger partial charge is 0.326 e. The van der Waals surface area contributed by atoms with E-state index in [4.69, 9.17) is 0 Å². The summed E-state index contributed by atoms with van der Waals surface area (Å²) < 4.78 is 0. The minimum absolute atomic E-state index is 0.0259. The normalized spacial score (nSPS) is 10.8. The highest BCUT2D eigenvalue weighted by molar-refractivity contribution is 7.99. The van der Waals surface area contributed by atoms with Crippen molar-refractivity contribution in [2.45, 2.75) is 44.3 Å². The van der Waals surface area contributed by atoms with E-state index in [2.05, 4.69) is 44.3 Å². The Morgan fingerprint density at radius 1 is 1.09 bits per heavy atom. The lowest BCUT2D eigenvalue weighted by Gasteiger charge is -2.11. The van der Waals surface area contributed by atoms with E-state index in [-0.39, 0.29) is 5.91 Å². The summed E-state index contributed by atoms with van der Waals surface area (Å²) in [5.74, 6) is 0.0259. The number of hydrogen-bond acceptors (Lipinski definition) is 2. The fourth-order valence-electron chi connectivity index (χ4n) is 2.22. The zero-order chi connectivity index (χ0) is 16.1. The Balaban J connectivity index is 1.98. The quantitative estimate of drug-likeness (QED) is 0.788. The topological polar surface area (TPSA) is 29.1 Å². The monoisotopic (exact) mass is 313 g/mol. The predicted molar refractivity (Wildman–Crippen MR) is 95.7 cm³/mol. The Labute approximate surface area is 137 Å². The van der Waals surface area contributed by atoms with Crippen molar-refractivity contribution in [2.24, 2.45) is 0 Å². The number of nitrogens with one attached hydrogen (secondary N) is 1. The molecule has 0 saturated carbocycles. The minimum Gasteiger partial charge on any atom is -0.326 e. The lowest BCUT2D eigenvalue weighted by atomic mass is 10.1. The van der Waals surface area contributed by atoms with Crippen LogP contribution in [0.2, 0.25) is 0 Å². The van der Waals surface area contributed by atoms with Gasteiger partial charge in [-0.3, -0.25) is 4.79 Å². The Morgan fingerprint density at radius 3 is 2.41 bits per heavy atom. The molecule has 0 saturated heterocycles. The van der Waals surface area contributed by atoms with Gasteiger partial charge in [-0.15, -0.1) is 11.8 Å². The number of amides is 1. The molecule has 0 bridgehead atoms. The molecule has 2 aromatic rings. The van der Waals surface area contributed by atoms with Crippen molar-refractivity contribution >= 4 is 23.4 Å². The van der Waals surface area contributed by atoms with Crippen LogP contribution in [0.3, 0.4) is 0 Å². The average Bonchev–Trinajstić information content (AvgIpc) is 2.45. The first-order valence-electron chi connectivity index (χ1n) is 7.57. The summed E-state index contributed by atoms with van der Waals surface area (Å²) in [7, 11) is 0. The molecule has 0 aliphatic carbocycles. The van der Waals surface area contributed by atoms with E-state index in [0.29, 0.717) is 11.7 Å². The molecule has 0 heterocycles. The first-order valence-corrected chi connectivity index (χ1v) is 8.45. The van der Waals surface area contributed by atoms with Crippen LogP contribution in [-0.4, -0.2) is 11.2 Å². The Morgan fingerprint density at radius 2 is 1.77 bits per heavy atom. The fraction of sp³-hybridized carbons (Fsp3) is 0.316. The number of thioether (sulfide) groups is 1. The van der Waals surface area contributed by atoms with Gasteiger partial charge in [0.25, 0.3) is 0 Å². The molecule has 3 heteroatoms. The molecule has 1 N–H and O–H groups in total. The maximum absolute atomic E-state index is 12.2. The van der Waals surface area contributed by atoms with Gasteiger partial charge < -0.3 is 5.32 Å².